The van der Waals surface area contributed by atoms with Gasteiger partial charge in [0.05, 0.1) is 23.5 Å². The number of esters is 1. The number of alkyl halides is 2. The van der Waals surface area contributed by atoms with Crippen LogP contribution < -0.4 is 10.5 Å². The fourth-order valence-corrected chi connectivity index (χ4v) is 1.91. The summed E-state index contributed by atoms with van der Waals surface area (Å²) in [7, 11) is 1.19. The lowest BCUT2D eigenvalue weighted by atomic mass is 10.1. The summed E-state index contributed by atoms with van der Waals surface area (Å²) in [6.07, 6.45) is 0. The first-order valence-electron chi connectivity index (χ1n) is 6.02. The van der Waals surface area contributed by atoms with Crippen molar-refractivity contribution in [1.29, 1.82) is 0 Å². The number of nitrogens with zero attached hydrogens (tertiary/aromatic N) is 1. The number of carbonyl (C=O) groups is 1. The van der Waals surface area contributed by atoms with E-state index in [9.17, 15) is 13.6 Å². The normalized spacial score (nSPS) is 10.6. The number of methoxy groups -OCH3 is 1. The van der Waals surface area contributed by atoms with Gasteiger partial charge in [-0.3, -0.25) is 0 Å². The summed E-state index contributed by atoms with van der Waals surface area (Å²) < 4.78 is 33.0. The molecular formula is C14H11ClF2N2O3. The van der Waals surface area contributed by atoms with Crippen LogP contribution in [0.3, 0.4) is 0 Å². The topological polar surface area (TPSA) is 74.4 Å². The molecule has 0 saturated carbocycles. The standard InChI is InChI=1S/C14H11ClF2N2O3/c1-21-13(20)12-11(15)9(18)6-10(19-12)7-2-4-8(5-3-7)22-14(16)17/h2-6,14H,1H3,(H2,18,19). The number of carbonyl (C=O) groups excluding carboxylic acids is 1. The van der Waals surface area contributed by atoms with E-state index in [1.807, 2.05) is 0 Å². The maximum atomic E-state index is 12.1. The van der Waals surface area contributed by atoms with Gasteiger partial charge in [-0.2, -0.15) is 8.78 Å². The first-order valence-corrected chi connectivity index (χ1v) is 6.39. The monoisotopic (exact) mass is 328 g/mol. The minimum Gasteiger partial charge on any atom is -0.464 e. The Bertz CT molecular complexity index is 693. The molecule has 0 amide bonds. The molecule has 0 radical (unpaired) electrons. The molecule has 1 aromatic carbocycles. The lowest BCUT2D eigenvalue weighted by molar-refractivity contribution is -0.0498. The van der Waals surface area contributed by atoms with Crippen molar-refractivity contribution in [2.75, 3.05) is 12.8 Å². The van der Waals surface area contributed by atoms with E-state index >= 15 is 0 Å². The molecule has 8 heteroatoms. The van der Waals surface area contributed by atoms with E-state index in [-0.39, 0.29) is 22.2 Å². The molecule has 0 aliphatic carbocycles. The molecule has 0 atom stereocenters. The van der Waals surface area contributed by atoms with Gasteiger partial charge in [0, 0.05) is 5.56 Å². The average Bonchev–Trinajstić information content (AvgIpc) is 2.49. The summed E-state index contributed by atoms with van der Waals surface area (Å²) in [5.74, 6) is -0.718. The van der Waals surface area contributed by atoms with E-state index in [1.165, 1.54) is 37.4 Å². The van der Waals surface area contributed by atoms with Gasteiger partial charge in [-0.05, 0) is 30.3 Å². The zero-order chi connectivity index (χ0) is 16.3. The molecule has 22 heavy (non-hydrogen) atoms. The van der Waals surface area contributed by atoms with Gasteiger partial charge >= 0.3 is 12.6 Å². The second-order valence-electron chi connectivity index (χ2n) is 4.15. The highest BCUT2D eigenvalue weighted by molar-refractivity contribution is 6.35. The van der Waals surface area contributed by atoms with Crippen LogP contribution in [-0.4, -0.2) is 24.7 Å². The Morgan fingerprint density at radius 2 is 1.95 bits per heavy atom. The summed E-state index contributed by atoms with van der Waals surface area (Å²) in [6, 6.07) is 7.19. The Labute approximate surface area is 129 Å². The number of benzene rings is 1. The number of pyridine rings is 1. The van der Waals surface area contributed by atoms with Gasteiger partial charge in [0.15, 0.2) is 5.69 Å². The number of anilines is 1. The van der Waals surface area contributed by atoms with Crippen molar-refractivity contribution in [3.05, 3.63) is 41.0 Å². The van der Waals surface area contributed by atoms with Gasteiger partial charge in [-0.25, -0.2) is 9.78 Å². The Hall–Kier alpha value is -2.41. The fourth-order valence-electron chi connectivity index (χ4n) is 1.74. The minimum atomic E-state index is -2.90. The minimum absolute atomic E-state index is 0.00625. The summed E-state index contributed by atoms with van der Waals surface area (Å²) >= 11 is 5.92. The van der Waals surface area contributed by atoms with Crippen LogP contribution in [0.25, 0.3) is 11.3 Å². The van der Waals surface area contributed by atoms with Crippen LogP contribution in [-0.2, 0) is 4.74 Å². The van der Waals surface area contributed by atoms with Crippen molar-refractivity contribution in [2.24, 2.45) is 0 Å². The molecule has 0 aliphatic rings. The number of halogens is 3. The molecule has 0 bridgehead atoms. The van der Waals surface area contributed by atoms with Crippen molar-refractivity contribution >= 4 is 23.3 Å². The van der Waals surface area contributed by atoms with Crippen molar-refractivity contribution in [2.45, 2.75) is 6.61 Å². The fraction of sp³-hybridized carbons (Fsp3) is 0.143. The largest absolute Gasteiger partial charge is 0.464 e. The molecule has 0 fully saturated rings. The van der Waals surface area contributed by atoms with Gasteiger partial charge in [0.2, 0.25) is 0 Å². The van der Waals surface area contributed by atoms with Crippen molar-refractivity contribution in [3.8, 4) is 17.0 Å². The lowest BCUT2D eigenvalue weighted by Gasteiger charge is -2.09. The van der Waals surface area contributed by atoms with Crippen molar-refractivity contribution in [3.63, 3.8) is 0 Å². The van der Waals surface area contributed by atoms with Gasteiger partial charge in [0.25, 0.3) is 0 Å². The SMILES string of the molecule is COC(=O)c1nc(-c2ccc(OC(F)F)cc2)cc(N)c1Cl. The molecule has 0 aliphatic heterocycles. The van der Waals surface area contributed by atoms with Crippen LogP contribution in [0.1, 0.15) is 10.5 Å². The molecule has 2 aromatic rings. The summed E-state index contributed by atoms with van der Waals surface area (Å²) in [5.41, 5.74) is 6.68. The summed E-state index contributed by atoms with van der Waals surface area (Å²) in [5, 5.41) is -0.00625. The highest BCUT2D eigenvalue weighted by Gasteiger charge is 2.17. The second kappa shape index (κ2) is 6.57. The number of ether oxygens (including phenoxy) is 2. The number of nitrogen functional groups attached to an aromatic ring is 1. The third kappa shape index (κ3) is 3.43. The lowest BCUT2D eigenvalue weighted by Crippen LogP contribution is -2.08. The predicted molar refractivity (Wildman–Crippen MR) is 77.1 cm³/mol. The summed E-state index contributed by atoms with van der Waals surface area (Å²) in [4.78, 5) is 15.7. The van der Waals surface area contributed by atoms with Crippen molar-refractivity contribution < 1.29 is 23.0 Å². The Morgan fingerprint density at radius 3 is 2.50 bits per heavy atom. The number of aromatic nitrogens is 1. The first-order chi connectivity index (χ1) is 10.4. The number of hydrogen-bond acceptors (Lipinski definition) is 5. The van der Waals surface area contributed by atoms with Crippen LogP contribution in [0, 0.1) is 0 Å². The van der Waals surface area contributed by atoms with E-state index in [0.717, 1.165) is 0 Å². The van der Waals surface area contributed by atoms with E-state index < -0.39 is 12.6 Å². The second-order valence-corrected chi connectivity index (χ2v) is 4.53. The molecular weight excluding hydrogens is 318 g/mol. The van der Waals surface area contributed by atoms with E-state index in [0.29, 0.717) is 11.3 Å². The van der Waals surface area contributed by atoms with Gasteiger partial charge in [-0.1, -0.05) is 11.6 Å². The number of nitrogens with two attached hydrogens (primary N) is 1. The van der Waals surface area contributed by atoms with Crippen LogP contribution in [0.5, 0.6) is 5.75 Å². The molecule has 2 rings (SSSR count). The maximum absolute atomic E-state index is 12.1. The van der Waals surface area contributed by atoms with E-state index in [1.54, 1.807) is 0 Å². The highest BCUT2D eigenvalue weighted by atomic mass is 35.5. The zero-order valence-corrected chi connectivity index (χ0v) is 12.1. The highest BCUT2D eigenvalue weighted by Crippen LogP contribution is 2.29. The molecule has 2 N–H and O–H groups in total. The smallest absolute Gasteiger partial charge is 0.387 e. The van der Waals surface area contributed by atoms with Gasteiger partial charge in [0.1, 0.15) is 5.75 Å². The van der Waals surface area contributed by atoms with E-state index in [2.05, 4.69) is 14.5 Å². The Morgan fingerprint density at radius 1 is 1.32 bits per heavy atom. The molecule has 0 saturated heterocycles. The average molecular weight is 329 g/mol. The molecule has 0 unspecified atom stereocenters. The molecule has 116 valence electrons. The number of hydrogen-bond donors (Lipinski definition) is 1. The van der Waals surface area contributed by atoms with Gasteiger partial charge in [-0.15, -0.1) is 0 Å². The first kappa shape index (κ1) is 16.0. The predicted octanol–water partition coefficient (Wildman–Crippen LogP) is 3.37. The van der Waals surface area contributed by atoms with E-state index in [4.69, 9.17) is 17.3 Å². The Balaban J connectivity index is 2.40. The van der Waals surface area contributed by atoms with Crippen LogP contribution in [0.4, 0.5) is 14.5 Å². The van der Waals surface area contributed by atoms with Crippen LogP contribution in [0.15, 0.2) is 30.3 Å². The zero-order valence-electron chi connectivity index (χ0n) is 11.3. The number of rotatable bonds is 4. The van der Waals surface area contributed by atoms with Crippen molar-refractivity contribution in [1.82, 2.24) is 4.98 Å². The third-order valence-corrected chi connectivity index (χ3v) is 3.14. The quantitative estimate of drug-likeness (QED) is 0.871. The molecule has 0 spiro atoms. The third-order valence-electron chi connectivity index (χ3n) is 2.74. The molecule has 5 nitrogen and oxygen atoms in total. The molecule has 1 aromatic heterocycles. The summed E-state index contributed by atoms with van der Waals surface area (Å²) in [6.45, 7) is -2.90. The van der Waals surface area contributed by atoms with Gasteiger partial charge < -0.3 is 15.2 Å². The van der Waals surface area contributed by atoms with Crippen LogP contribution >= 0.6 is 11.6 Å². The molecule has 1 heterocycles. The maximum Gasteiger partial charge on any atom is 0.387 e. The van der Waals surface area contributed by atoms with Crippen LogP contribution in [0.2, 0.25) is 5.02 Å². The Kier molecular flexibility index (Phi) is 4.77.